The molecule has 4 nitrogen and oxygen atoms in total. The van der Waals surface area contributed by atoms with Crippen LogP contribution in [0.3, 0.4) is 0 Å². The van der Waals surface area contributed by atoms with Crippen molar-refractivity contribution in [1.82, 2.24) is 0 Å². The number of carbonyl (C=O) groups is 1. The van der Waals surface area contributed by atoms with Gasteiger partial charge in [0, 0.05) is 12.3 Å². The van der Waals surface area contributed by atoms with Crippen LogP contribution in [0.4, 0.5) is 0 Å². The van der Waals surface area contributed by atoms with Crippen molar-refractivity contribution in [1.29, 1.82) is 0 Å². The molecule has 0 saturated carbocycles. The van der Waals surface area contributed by atoms with E-state index in [1.807, 2.05) is 12.2 Å². The number of unbranched alkanes of at least 4 members (excludes halogenated alkanes) is 4. The van der Waals surface area contributed by atoms with Crippen LogP contribution in [0.1, 0.15) is 85.0 Å². The van der Waals surface area contributed by atoms with E-state index in [1.165, 1.54) is 12.7 Å². The van der Waals surface area contributed by atoms with Gasteiger partial charge in [0.1, 0.15) is 0 Å². The monoisotopic (exact) mass is 380 g/mol. The SMILES string of the molecule is CCCCC(C)(C)[C@H](O)C=C[C@@H]1C(CCCCCCC(=O)OC)=CC[C@H]1O. The van der Waals surface area contributed by atoms with Gasteiger partial charge in [0.25, 0.3) is 0 Å². The summed E-state index contributed by atoms with van der Waals surface area (Å²) >= 11 is 0. The third-order valence-electron chi connectivity index (χ3n) is 5.76. The second kappa shape index (κ2) is 12.4. The van der Waals surface area contributed by atoms with Gasteiger partial charge in [0.05, 0.1) is 19.3 Å². The maximum atomic E-state index is 11.1. The first-order chi connectivity index (χ1) is 12.8. The number of methoxy groups -OCH3 is 1. The van der Waals surface area contributed by atoms with Gasteiger partial charge in [0.2, 0.25) is 0 Å². The summed E-state index contributed by atoms with van der Waals surface area (Å²) in [5.41, 5.74) is 1.14. The second-order valence-electron chi connectivity index (χ2n) is 8.52. The number of ether oxygens (including phenoxy) is 1. The number of esters is 1. The van der Waals surface area contributed by atoms with Crippen molar-refractivity contribution in [3.63, 3.8) is 0 Å². The van der Waals surface area contributed by atoms with Gasteiger partial charge in [-0.05, 0) is 37.5 Å². The molecule has 0 aromatic heterocycles. The van der Waals surface area contributed by atoms with Crippen molar-refractivity contribution in [3.8, 4) is 0 Å². The number of hydrogen-bond acceptors (Lipinski definition) is 4. The lowest BCUT2D eigenvalue weighted by Gasteiger charge is -2.29. The molecule has 3 atom stereocenters. The van der Waals surface area contributed by atoms with Gasteiger partial charge in [-0.15, -0.1) is 0 Å². The Morgan fingerprint density at radius 1 is 1.30 bits per heavy atom. The predicted molar refractivity (Wildman–Crippen MR) is 110 cm³/mol. The second-order valence-corrected chi connectivity index (χ2v) is 8.52. The van der Waals surface area contributed by atoms with Crippen LogP contribution in [0.5, 0.6) is 0 Å². The van der Waals surface area contributed by atoms with Crippen molar-refractivity contribution in [2.75, 3.05) is 7.11 Å². The molecule has 0 heterocycles. The fourth-order valence-corrected chi connectivity index (χ4v) is 3.64. The molecule has 0 aromatic rings. The maximum absolute atomic E-state index is 11.1. The van der Waals surface area contributed by atoms with Gasteiger partial charge >= 0.3 is 5.97 Å². The summed E-state index contributed by atoms with van der Waals surface area (Å²) in [6, 6.07) is 0. The molecule has 4 heteroatoms. The predicted octanol–water partition coefficient (Wildman–Crippen LogP) is 4.94. The van der Waals surface area contributed by atoms with E-state index in [0.717, 1.165) is 51.4 Å². The van der Waals surface area contributed by atoms with Crippen LogP contribution in [-0.4, -0.2) is 35.5 Å². The molecule has 156 valence electrons. The molecular weight excluding hydrogens is 340 g/mol. The van der Waals surface area contributed by atoms with Crippen molar-refractivity contribution >= 4 is 5.97 Å². The Morgan fingerprint density at radius 3 is 2.67 bits per heavy atom. The largest absolute Gasteiger partial charge is 0.469 e. The van der Waals surface area contributed by atoms with Crippen molar-refractivity contribution in [2.24, 2.45) is 11.3 Å². The average molecular weight is 381 g/mol. The van der Waals surface area contributed by atoms with Crippen LogP contribution in [0, 0.1) is 11.3 Å². The number of aliphatic hydroxyl groups is 2. The molecule has 27 heavy (non-hydrogen) atoms. The van der Waals surface area contributed by atoms with Gasteiger partial charge in [-0.3, -0.25) is 4.79 Å². The highest BCUT2D eigenvalue weighted by atomic mass is 16.5. The van der Waals surface area contributed by atoms with Crippen LogP contribution in [0.15, 0.2) is 23.8 Å². The van der Waals surface area contributed by atoms with Crippen LogP contribution in [0.2, 0.25) is 0 Å². The zero-order valence-electron chi connectivity index (χ0n) is 17.7. The molecule has 0 saturated heterocycles. The van der Waals surface area contributed by atoms with Gasteiger partial charge in [-0.1, -0.05) is 70.3 Å². The minimum atomic E-state index is -0.489. The van der Waals surface area contributed by atoms with Crippen LogP contribution >= 0.6 is 0 Å². The van der Waals surface area contributed by atoms with E-state index < -0.39 is 6.10 Å². The molecule has 0 fully saturated rings. The molecule has 0 aliphatic heterocycles. The smallest absolute Gasteiger partial charge is 0.305 e. The minimum Gasteiger partial charge on any atom is -0.469 e. The molecule has 0 bridgehead atoms. The molecule has 0 amide bonds. The normalized spacial score (nSPS) is 21.5. The molecule has 0 radical (unpaired) electrons. The highest BCUT2D eigenvalue weighted by molar-refractivity contribution is 5.68. The molecule has 2 N–H and O–H groups in total. The highest BCUT2D eigenvalue weighted by Gasteiger charge is 2.28. The first-order valence-corrected chi connectivity index (χ1v) is 10.6. The Hall–Kier alpha value is -1.13. The van der Waals surface area contributed by atoms with Gasteiger partial charge < -0.3 is 14.9 Å². The van der Waals surface area contributed by atoms with Crippen LogP contribution < -0.4 is 0 Å². The molecule has 0 aromatic carbocycles. The standard InChI is InChI=1S/C23H40O4/c1-5-6-17-23(2,3)21(25)16-14-19-18(13-15-20(19)24)11-9-7-8-10-12-22(26)27-4/h13-14,16,19-21,24-25H,5-12,15,17H2,1-4H3/t19-,20-,21-/m1/s1. The molecule has 1 rings (SSSR count). The Kier molecular flexibility index (Phi) is 10.9. The van der Waals surface area contributed by atoms with E-state index in [0.29, 0.717) is 12.8 Å². The summed E-state index contributed by atoms with van der Waals surface area (Å²) in [6.07, 6.45) is 14.6. The summed E-state index contributed by atoms with van der Waals surface area (Å²) in [5, 5.41) is 20.9. The van der Waals surface area contributed by atoms with E-state index in [2.05, 4.69) is 31.6 Å². The minimum absolute atomic E-state index is 0.0247. The zero-order valence-corrected chi connectivity index (χ0v) is 17.7. The maximum Gasteiger partial charge on any atom is 0.305 e. The number of carbonyl (C=O) groups excluding carboxylic acids is 1. The first kappa shape index (κ1) is 23.9. The number of aliphatic hydroxyl groups excluding tert-OH is 2. The third kappa shape index (κ3) is 8.61. The first-order valence-electron chi connectivity index (χ1n) is 10.6. The lowest BCUT2D eigenvalue weighted by molar-refractivity contribution is -0.140. The summed E-state index contributed by atoms with van der Waals surface area (Å²) < 4.78 is 4.65. The van der Waals surface area contributed by atoms with Crippen molar-refractivity contribution in [3.05, 3.63) is 23.8 Å². The third-order valence-corrected chi connectivity index (χ3v) is 5.76. The summed E-state index contributed by atoms with van der Waals surface area (Å²) in [4.78, 5) is 11.1. The van der Waals surface area contributed by atoms with E-state index >= 15 is 0 Å². The van der Waals surface area contributed by atoms with Gasteiger partial charge in [-0.2, -0.15) is 0 Å². The topological polar surface area (TPSA) is 66.8 Å². The molecule has 1 aliphatic carbocycles. The zero-order chi connectivity index (χ0) is 20.3. The molecule has 1 aliphatic rings. The average Bonchev–Trinajstić information content (AvgIpc) is 3.00. The van der Waals surface area contributed by atoms with E-state index in [9.17, 15) is 15.0 Å². The van der Waals surface area contributed by atoms with Gasteiger partial charge in [-0.25, -0.2) is 0 Å². The Morgan fingerprint density at radius 2 is 2.00 bits per heavy atom. The van der Waals surface area contributed by atoms with E-state index in [1.54, 1.807) is 0 Å². The fourth-order valence-electron chi connectivity index (χ4n) is 3.64. The fraction of sp³-hybridized carbons (Fsp3) is 0.783. The molecule has 0 unspecified atom stereocenters. The highest BCUT2D eigenvalue weighted by Crippen LogP contribution is 2.33. The van der Waals surface area contributed by atoms with Crippen LogP contribution in [-0.2, 0) is 9.53 Å². The Labute approximate surface area is 165 Å². The van der Waals surface area contributed by atoms with E-state index in [4.69, 9.17) is 0 Å². The van der Waals surface area contributed by atoms with Gasteiger partial charge in [0.15, 0.2) is 0 Å². The van der Waals surface area contributed by atoms with Crippen molar-refractivity contribution in [2.45, 2.75) is 97.2 Å². The number of hydrogen-bond donors (Lipinski definition) is 2. The lowest BCUT2D eigenvalue weighted by atomic mass is 9.80. The van der Waals surface area contributed by atoms with E-state index in [-0.39, 0.29) is 23.4 Å². The summed E-state index contributed by atoms with van der Waals surface area (Å²) in [7, 11) is 1.43. The quantitative estimate of drug-likeness (QED) is 0.270. The Balaban J connectivity index is 2.43. The number of rotatable bonds is 13. The van der Waals surface area contributed by atoms with Crippen molar-refractivity contribution < 1.29 is 19.7 Å². The van der Waals surface area contributed by atoms with Crippen LogP contribution in [0.25, 0.3) is 0 Å². The summed E-state index contributed by atoms with van der Waals surface area (Å²) in [6.45, 7) is 6.38. The Bertz CT molecular complexity index is 493. The molecule has 0 spiro atoms. The summed E-state index contributed by atoms with van der Waals surface area (Å²) in [5.74, 6) is -0.112. The molecular formula is C23H40O4. The lowest BCUT2D eigenvalue weighted by Crippen LogP contribution is -2.28.